The van der Waals surface area contributed by atoms with E-state index in [1.807, 2.05) is 42.5 Å². The number of amides is 1. The number of aryl methyl sites for hydroxylation is 1. The van der Waals surface area contributed by atoms with E-state index in [1.54, 1.807) is 13.8 Å². The fraction of sp³-hybridized carbons (Fsp3) is 0.227. The van der Waals surface area contributed by atoms with Gasteiger partial charge in [-0.25, -0.2) is 4.79 Å². The second-order valence-electron chi connectivity index (χ2n) is 6.38. The monoisotopic (exact) mass is 379 g/mol. The fourth-order valence-electron chi connectivity index (χ4n) is 3.25. The molecule has 144 valence electrons. The number of carbonyl (C=O) groups excluding carboxylic acids is 3. The van der Waals surface area contributed by atoms with Crippen LogP contribution < -0.4 is 5.32 Å². The van der Waals surface area contributed by atoms with Gasteiger partial charge in [-0.2, -0.15) is 0 Å². The summed E-state index contributed by atoms with van der Waals surface area (Å²) in [7, 11) is 0. The lowest BCUT2D eigenvalue weighted by Crippen LogP contribution is -2.18. The van der Waals surface area contributed by atoms with Crippen molar-refractivity contribution in [3.63, 3.8) is 0 Å². The number of fused-ring (bicyclic) bond motifs is 1. The van der Waals surface area contributed by atoms with Crippen molar-refractivity contribution >= 4 is 34.3 Å². The van der Waals surface area contributed by atoms with E-state index in [4.69, 9.17) is 9.15 Å². The lowest BCUT2D eigenvalue weighted by atomic mass is 10.0. The molecule has 0 saturated carbocycles. The van der Waals surface area contributed by atoms with E-state index in [1.165, 1.54) is 6.92 Å². The Hall–Kier alpha value is -3.41. The van der Waals surface area contributed by atoms with E-state index in [-0.39, 0.29) is 47.5 Å². The summed E-state index contributed by atoms with van der Waals surface area (Å²) < 4.78 is 10.5. The summed E-state index contributed by atoms with van der Waals surface area (Å²) in [6.07, 6.45) is 0.0960. The van der Waals surface area contributed by atoms with Crippen LogP contribution in [0.2, 0.25) is 0 Å². The number of Topliss-reactive ketones (excluding diaryl/α,β-unsaturated/α-hetero) is 1. The minimum atomic E-state index is -0.704. The molecule has 6 nitrogen and oxygen atoms in total. The predicted octanol–water partition coefficient (Wildman–Crippen LogP) is 4.30. The van der Waals surface area contributed by atoms with E-state index in [9.17, 15) is 14.4 Å². The van der Waals surface area contributed by atoms with E-state index in [0.717, 1.165) is 16.3 Å². The summed E-state index contributed by atoms with van der Waals surface area (Å²) in [6.45, 7) is 4.71. The van der Waals surface area contributed by atoms with E-state index >= 15 is 0 Å². The van der Waals surface area contributed by atoms with Crippen molar-refractivity contribution in [2.45, 2.75) is 27.2 Å². The standard InChI is InChI=1S/C22H21NO5/c1-4-27-22(26)20-19(13(2)24)14(3)28-21(20)23-18(25)12-16-10-7-9-15-8-5-6-11-17(15)16/h5-11H,4,12H2,1-3H3,(H,23,25). The summed E-state index contributed by atoms with van der Waals surface area (Å²) in [5.74, 6) is -1.20. The van der Waals surface area contributed by atoms with Gasteiger partial charge in [0, 0.05) is 0 Å². The molecule has 3 rings (SSSR count). The van der Waals surface area contributed by atoms with Gasteiger partial charge in [-0.15, -0.1) is 0 Å². The molecule has 1 heterocycles. The normalized spacial score (nSPS) is 10.7. The highest BCUT2D eigenvalue weighted by atomic mass is 16.5. The van der Waals surface area contributed by atoms with E-state index in [0.29, 0.717) is 0 Å². The molecule has 0 radical (unpaired) electrons. The van der Waals surface area contributed by atoms with Crippen LogP contribution in [0.4, 0.5) is 5.88 Å². The Morgan fingerprint density at radius 2 is 1.75 bits per heavy atom. The summed E-state index contributed by atoms with van der Waals surface area (Å²) in [4.78, 5) is 36.9. The highest BCUT2D eigenvalue weighted by Crippen LogP contribution is 2.29. The van der Waals surface area contributed by atoms with Gasteiger partial charge in [0.05, 0.1) is 18.6 Å². The summed E-state index contributed by atoms with van der Waals surface area (Å²) in [5, 5.41) is 4.63. The molecular formula is C22H21NO5. The number of hydrogen-bond acceptors (Lipinski definition) is 5. The molecule has 0 saturated heterocycles. The zero-order valence-electron chi connectivity index (χ0n) is 16.0. The minimum absolute atomic E-state index is 0.0434. The van der Waals surface area contributed by atoms with Gasteiger partial charge < -0.3 is 9.15 Å². The molecule has 1 amide bonds. The van der Waals surface area contributed by atoms with Crippen LogP contribution in [-0.2, 0) is 16.0 Å². The second-order valence-corrected chi connectivity index (χ2v) is 6.38. The number of carbonyl (C=O) groups is 3. The Labute approximate surface area is 162 Å². The molecule has 0 spiro atoms. The molecule has 1 aromatic heterocycles. The zero-order valence-corrected chi connectivity index (χ0v) is 16.0. The third-order valence-corrected chi connectivity index (χ3v) is 4.40. The van der Waals surface area contributed by atoms with Crippen LogP contribution in [0.3, 0.4) is 0 Å². The Morgan fingerprint density at radius 1 is 1.04 bits per heavy atom. The number of ether oxygens (including phenoxy) is 1. The topological polar surface area (TPSA) is 85.6 Å². The third kappa shape index (κ3) is 3.81. The Bertz CT molecular complexity index is 1060. The van der Waals surface area contributed by atoms with Crippen LogP contribution in [-0.4, -0.2) is 24.3 Å². The SMILES string of the molecule is CCOC(=O)c1c(NC(=O)Cc2cccc3ccccc23)oc(C)c1C(C)=O. The van der Waals surface area contributed by atoms with Crippen molar-refractivity contribution in [2.24, 2.45) is 0 Å². The number of anilines is 1. The smallest absolute Gasteiger partial charge is 0.344 e. The maximum absolute atomic E-state index is 12.6. The largest absolute Gasteiger partial charge is 0.462 e. The molecule has 0 bridgehead atoms. The van der Waals surface area contributed by atoms with E-state index < -0.39 is 5.97 Å². The van der Waals surface area contributed by atoms with Crippen molar-refractivity contribution < 1.29 is 23.5 Å². The first-order valence-corrected chi connectivity index (χ1v) is 9.00. The lowest BCUT2D eigenvalue weighted by molar-refractivity contribution is -0.115. The highest BCUT2D eigenvalue weighted by molar-refractivity contribution is 6.11. The van der Waals surface area contributed by atoms with Crippen molar-refractivity contribution in [3.8, 4) is 0 Å². The van der Waals surface area contributed by atoms with Gasteiger partial charge in [0.1, 0.15) is 11.3 Å². The van der Waals surface area contributed by atoms with Crippen LogP contribution >= 0.6 is 0 Å². The molecular weight excluding hydrogens is 358 g/mol. The molecule has 3 aromatic rings. The van der Waals surface area contributed by atoms with Gasteiger partial charge >= 0.3 is 5.97 Å². The van der Waals surface area contributed by atoms with Crippen LogP contribution in [0, 0.1) is 6.92 Å². The predicted molar refractivity (Wildman–Crippen MR) is 106 cm³/mol. The third-order valence-electron chi connectivity index (χ3n) is 4.40. The van der Waals surface area contributed by atoms with Gasteiger partial charge in [-0.1, -0.05) is 42.5 Å². The molecule has 0 aliphatic heterocycles. The Balaban J connectivity index is 1.90. The first-order valence-electron chi connectivity index (χ1n) is 9.00. The Kier molecular flexibility index (Phi) is 5.59. The van der Waals surface area contributed by atoms with Crippen LogP contribution in [0.5, 0.6) is 0 Å². The Morgan fingerprint density at radius 3 is 2.46 bits per heavy atom. The highest BCUT2D eigenvalue weighted by Gasteiger charge is 2.28. The van der Waals surface area contributed by atoms with Crippen LogP contribution in [0.15, 0.2) is 46.9 Å². The van der Waals surface area contributed by atoms with Crippen LogP contribution in [0.1, 0.15) is 45.9 Å². The molecule has 0 fully saturated rings. The molecule has 2 aromatic carbocycles. The fourth-order valence-corrected chi connectivity index (χ4v) is 3.25. The van der Waals surface area contributed by atoms with Gasteiger partial charge in [0.25, 0.3) is 0 Å². The minimum Gasteiger partial charge on any atom is -0.462 e. The molecule has 1 N–H and O–H groups in total. The van der Waals surface area contributed by atoms with Gasteiger partial charge in [-0.3, -0.25) is 14.9 Å². The summed E-state index contributed by atoms with van der Waals surface area (Å²) >= 11 is 0. The number of esters is 1. The van der Waals surface area contributed by atoms with E-state index in [2.05, 4.69) is 5.32 Å². The zero-order chi connectivity index (χ0) is 20.3. The number of nitrogens with one attached hydrogen (secondary N) is 1. The van der Waals surface area contributed by atoms with Crippen molar-refractivity contribution in [1.29, 1.82) is 0 Å². The van der Waals surface area contributed by atoms with Gasteiger partial charge in [0.2, 0.25) is 11.8 Å². The first kappa shape index (κ1) is 19.4. The number of furan rings is 1. The second kappa shape index (κ2) is 8.08. The lowest BCUT2D eigenvalue weighted by Gasteiger charge is -2.08. The molecule has 28 heavy (non-hydrogen) atoms. The average molecular weight is 379 g/mol. The number of ketones is 1. The summed E-state index contributed by atoms with van der Waals surface area (Å²) in [6, 6.07) is 13.5. The molecule has 0 unspecified atom stereocenters. The quantitative estimate of drug-likeness (QED) is 0.510. The van der Waals surface area contributed by atoms with Crippen molar-refractivity contribution in [2.75, 3.05) is 11.9 Å². The van der Waals surface area contributed by atoms with Gasteiger partial charge in [0.15, 0.2) is 5.78 Å². The average Bonchev–Trinajstić information content (AvgIpc) is 2.98. The summed E-state index contributed by atoms with van der Waals surface area (Å²) in [5.41, 5.74) is 0.931. The molecule has 0 aliphatic rings. The number of benzene rings is 2. The maximum Gasteiger partial charge on any atom is 0.344 e. The molecule has 6 heteroatoms. The molecule has 0 aliphatic carbocycles. The first-order chi connectivity index (χ1) is 13.4. The van der Waals surface area contributed by atoms with Crippen LogP contribution in [0.25, 0.3) is 10.8 Å². The van der Waals surface area contributed by atoms with Crippen molar-refractivity contribution in [3.05, 3.63) is 64.9 Å². The van der Waals surface area contributed by atoms with Gasteiger partial charge in [-0.05, 0) is 37.1 Å². The number of hydrogen-bond donors (Lipinski definition) is 1. The maximum atomic E-state index is 12.6. The number of rotatable bonds is 6. The van der Waals surface area contributed by atoms with Crippen molar-refractivity contribution in [1.82, 2.24) is 0 Å². The molecule has 0 atom stereocenters.